The third-order valence-corrected chi connectivity index (χ3v) is 3.60. The molecule has 0 saturated carbocycles. The summed E-state index contributed by atoms with van der Waals surface area (Å²) >= 11 is 0. The lowest BCUT2D eigenvalue weighted by molar-refractivity contribution is -0.116. The van der Waals surface area contributed by atoms with Crippen LogP contribution >= 0.6 is 0 Å². The van der Waals surface area contributed by atoms with Gasteiger partial charge in [0.05, 0.1) is 6.54 Å². The van der Waals surface area contributed by atoms with Crippen LogP contribution in [0.2, 0.25) is 0 Å². The Kier molecular flexibility index (Phi) is 6.73. The molecule has 0 fully saturated rings. The number of carbonyl (C=O) groups excluding carboxylic acids is 3. The van der Waals surface area contributed by atoms with Crippen LogP contribution < -0.4 is 21.3 Å². The summed E-state index contributed by atoms with van der Waals surface area (Å²) in [5.41, 5.74) is 2.62. The van der Waals surface area contributed by atoms with Crippen LogP contribution in [0.5, 0.6) is 0 Å². The minimum atomic E-state index is -0.203. The second-order valence-electron chi connectivity index (χ2n) is 5.54. The molecule has 4 N–H and O–H groups in total. The van der Waals surface area contributed by atoms with Gasteiger partial charge < -0.3 is 21.3 Å². The summed E-state index contributed by atoms with van der Waals surface area (Å²) in [4.78, 5) is 34.8. The maximum atomic E-state index is 12.0. The van der Waals surface area contributed by atoms with Crippen molar-refractivity contribution in [1.29, 1.82) is 0 Å². The molecule has 7 heteroatoms. The number of anilines is 3. The first-order chi connectivity index (χ1) is 12.5. The van der Waals surface area contributed by atoms with E-state index in [0.29, 0.717) is 23.4 Å². The molecule has 0 aliphatic carbocycles. The van der Waals surface area contributed by atoms with Gasteiger partial charge in [-0.1, -0.05) is 6.92 Å². The predicted molar refractivity (Wildman–Crippen MR) is 102 cm³/mol. The number of nitrogens with one attached hydrogen (secondary N) is 4. The number of carbonyl (C=O) groups is 3. The van der Waals surface area contributed by atoms with Crippen molar-refractivity contribution in [1.82, 2.24) is 5.32 Å². The largest absolute Gasteiger partial charge is 0.376 e. The van der Waals surface area contributed by atoms with Crippen LogP contribution in [0.25, 0.3) is 0 Å². The van der Waals surface area contributed by atoms with E-state index in [1.165, 1.54) is 0 Å². The Morgan fingerprint density at radius 2 is 1.27 bits per heavy atom. The fourth-order valence-electron chi connectivity index (χ4n) is 2.16. The van der Waals surface area contributed by atoms with Gasteiger partial charge in [0.25, 0.3) is 5.91 Å². The van der Waals surface area contributed by atoms with Gasteiger partial charge in [0.2, 0.25) is 11.8 Å². The van der Waals surface area contributed by atoms with Gasteiger partial charge in [-0.05, 0) is 48.5 Å². The number of hydrogen-bond acceptors (Lipinski definition) is 4. The van der Waals surface area contributed by atoms with Crippen molar-refractivity contribution in [3.05, 3.63) is 54.1 Å². The molecule has 2 aromatic carbocycles. The Morgan fingerprint density at radius 3 is 1.77 bits per heavy atom. The van der Waals surface area contributed by atoms with Gasteiger partial charge in [0, 0.05) is 36.1 Å². The molecular weight excluding hydrogens is 332 g/mol. The summed E-state index contributed by atoms with van der Waals surface area (Å²) in [6.07, 6.45) is 0.411. The molecule has 3 amide bonds. The first-order valence-corrected chi connectivity index (χ1v) is 8.27. The summed E-state index contributed by atoms with van der Waals surface area (Å²) in [5, 5.41) is 11.1. The van der Waals surface area contributed by atoms with E-state index in [1.807, 2.05) is 0 Å². The number of benzene rings is 2. The van der Waals surface area contributed by atoms with Gasteiger partial charge in [-0.15, -0.1) is 0 Å². The molecule has 0 radical (unpaired) electrons. The molecule has 7 nitrogen and oxygen atoms in total. The van der Waals surface area contributed by atoms with Crippen LogP contribution in [0.1, 0.15) is 23.7 Å². The van der Waals surface area contributed by atoms with E-state index in [4.69, 9.17) is 0 Å². The zero-order valence-electron chi connectivity index (χ0n) is 14.8. The normalized spacial score (nSPS) is 9.92. The van der Waals surface area contributed by atoms with Crippen molar-refractivity contribution < 1.29 is 14.4 Å². The third-order valence-electron chi connectivity index (χ3n) is 3.60. The summed E-state index contributed by atoms with van der Waals surface area (Å²) < 4.78 is 0. The molecule has 2 rings (SSSR count). The van der Waals surface area contributed by atoms with Crippen LogP contribution in [0.3, 0.4) is 0 Å². The Hall–Kier alpha value is -3.35. The predicted octanol–water partition coefficient (Wildman–Crippen LogP) is 2.45. The van der Waals surface area contributed by atoms with Gasteiger partial charge in [-0.3, -0.25) is 14.4 Å². The van der Waals surface area contributed by atoms with Gasteiger partial charge in [0.1, 0.15) is 0 Å². The van der Waals surface area contributed by atoms with Gasteiger partial charge in [0.15, 0.2) is 0 Å². The van der Waals surface area contributed by atoms with Crippen LogP contribution in [-0.2, 0) is 9.59 Å². The molecule has 2 aromatic rings. The molecule has 0 unspecified atom stereocenters. The minimum absolute atomic E-state index is 0.0616. The maximum absolute atomic E-state index is 12.0. The molecule has 0 aliphatic rings. The zero-order valence-corrected chi connectivity index (χ0v) is 14.8. The highest BCUT2D eigenvalue weighted by atomic mass is 16.2. The molecule has 0 aliphatic heterocycles. The second kappa shape index (κ2) is 9.22. The minimum Gasteiger partial charge on any atom is -0.376 e. The highest BCUT2D eigenvalue weighted by molar-refractivity contribution is 5.95. The Labute approximate surface area is 152 Å². The highest BCUT2D eigenvalue weighted by Crippen LogP contribution is 2.14. The third kappa shape index (κ3) is 5.62. The van der Waals surface area contributed by atoms with Crippen molar-refractivity contribution in [3.63, 3.8) is 0 Å². The van der Waals surface area contributed by atoms with Gasteiger partial charge >= 0.3 is 0 Å². The monoisotopic (exact) mass is 354 g/mol. The number of rotatable bonds is 7. The standard InChI is InChI=1S/C19H22N4O3/c1-3-17(24)22-15-8-10-16(11-9-15)23-18(25)12-21-14-6-4-13(5-7-14)19(26)20-2/h4-11,21H,3,12H2,1-2H3,(H,20,26)(H,22,24)(H,23,25). The second-order valence-corrected chi connectivity index (χ2v) is 5.54. The summed E-state index contributed by atoms with van der Waals surface area (Å²) in [5.74, 6) is -0.424. The molecule has 0 saturated heterocycles. The SMILES string of the molecule is CCC(=O)Nc1ccc(NC(=O)CNc2ccc(C(=O)NC)cc2)cc1. The lowest BCUT2D eigenvalue weighted by atomic mass is 10.2. The average molecular weight is 354 g/mol. The quantitative estimate of drug-likeness (QED) is 0.614. The zero-order chi connectivity index (χ0) is 18.9. The topological polar surface area (TPSA) is 99.3 Å². The van der Waals surface area contributed by atoms with Crippen LogP contribution in [0.15, 0.2) is 48.5 Å². The van der Waals surface area contributed by atoms with Crippen molar-refractivity contribution in [2.24, 2.45) is 0 Å². The molecule has 0 heterocycles. The molecular formula is C19H22N4O3. The first-order valence-electron chi connectivity index (χ1n) is 8.27. The van der Waals surface area contributed by atoms with Crippen LogP contribution in [0.4, 0.5) is 17.1 Å². The Balaban J connectivity index is 1.83. The Morgan fingerprint density at radius 1 is 0.769 bits per heavy atom. The van der Waals surface area contributed by atoms with Crippen molar-refractivity contribution in [2.45, 2.75) is 13.3 Å². The van der Waals surface area contributed by atoms with E-state index in [1.54, 1.807) is 62.5 Å². The molecule has 0 atom stereocenters. The van der Waals surface area contributed by atoms with Crippen molar-refractivity contribution >= 4 is 34.8 Å². The van der Waals surface area contributed by atoms with E-state index >= 15 is 0 Å². The van der Waals surface area contributed by atoms with Crippen molar-refractivity contribution in [3.8, 4) is 0 Å². The molecule has 136 valence electrons. The molecule has 0 bridgehead atoms. The van der Waals surface area contributed by atoms with Gasteiger partial charge in [-0.25, -0.2) is 0 Å². The molecule has 26 heavy (non-hydrogen) atoms. The van der Waals surface area contributed by atoms with Crippen molar-refractivity contribution in [2.75, 3.05) is 29.5 Å². The van der Waals surface area contributed by atoms with E-state index in [2.05, 4.69) is 21.3 Å². The summed E-state index contributed by atoms with van der Waals surface area (Å²) in [7, 11) is 1.57. The first kappa shape index (κ1) is 19.0. The number of hydrogen-bond donors (Lipinski definition) is 4. The van der Waals surface area contributed by atoms with Gasteiger partial charge in [-0.2, -0.15) is 0 Å². The fourth-order valence-corrected chi connectivity index (χ4v) is 2.16. The Bertz CT molecular complexity index is 770. The molecule has 0 spiro atoms. The summed E-state index contributed by atoms with van der Waals surface area (Å²) in [6.45, 7) is 1.87. The van der Waals surface area contributed by atoms with E-state index in [9.17, 15) is 14.4 Å². The maximum Gasteiger partial charge on any atom is 0.251 e. The molecule has 0 aromatic heterocycles. The lowest BCUT2D eigenvalue weighted by Crippen LogP contribution is -2.22. The van der Waals surface area contributed by atoms with E-state index in [-0.39, 0.29) is 24.3 Å². The highest BCUT2D eigenvalue weighted by Gasteiger charge is 2.05. The number of amides is 3. The smallest absolute Gasteiger partial charge is 0.251 e. The van der Waals surface area contributed by atoms with E-state index in [0.717, 1.165) is 5.69 Å². The lowest BCUT2D eigenvalue weighted by Gasteiger charge is -2.09. The van der Waals surface area contributed by atoms with E-state index < -0.39 is 0 Å². The summed E-state index contributed by atoms with van der Waals surface area (Å²) in [6, 6.07) is 13.8. The van der Waals surface area contributed by atoms with Crippen LogP contribution in [-0.4, -0.2) is 31.3 Å². The fraction of sp³-hybridized carbons (Fsp3) is 0.211. The average Bonchev–Trinajstić information content (AvgIpc) is 2.67. The van der Waals surface area contributed by atoms with Crippen LogP contribution in [0, 0.1) is 0 Å².